The highest BCUT2D eigenvalue weighted by Gasteiger charge is 2.30. The highest BCUT2D eigenvalue weighted by molar-refractivity contribution is 8.32. The summed E-state index contributed by atoms with van der Waals surface area (Å²) in [5, 5.41) is 8.15. The van der Waals surface area contributed by atoms with Crippen molar-refractivity contribution in [2.45, 2.75) is 12.1 Å². The Bertz CT molecular complexity index is 160. The maximum Gasteiger partial charge on any atom is 0.313 e. The van der Waals surface area contributed by atoms with Gasteiger partial charge in [0.25, 0.3) is 0 Å². The van der Waals surface area contributed by atoms with E-state index < -0.39 is 21.2 Å². The summed E-state index contributed by atoms with van der Waals surface area (Å²) in [6.45, 7) is 1.75. The summed E-state index contributed by atoms with van der Waals surface area (Å²) in [4.78, 5) is 10.7. The molecule has 0 heterocycles. The Balaban J connectivity index is 4.25. The van der Waals surface area contributed by atoms with Crippen molar-refractivity contribution in [2.24, 2.45) is 0 Å². The lowest BCUT2D eigenvalue weighted by Crippen LogP contribution is -2.33. The van der Waals surface area contributed by atoms with E-state index in [1.165, 1.54) is 0 Å². The van der Waals surface area contributed by atoms with Crippen molar-refractivity contribution in [2.75, 3.05) is 24.5 Å². The maximum absolute atomic E-state index is 10.7. The first-order chi connectivity index (χ1) is 4.65. The standard InChI is InChI=1S/C7H17O2PS/c1-7(10,6(8)9)5-11(2,3)4/h5,10H2,1-4H3,(H,8,9). The summed E-state index contributed by atoms with van der Waals surface area (Å²) < 4.78 is 0. The van der Waals surface area contributed by atoms with Gasteiger partial charge < -0.3 is 5.11 Å². The molecule has 4 heteroatoms. The van der Waals surface area contributed by atoms with E-state index in [0.717, 1.165) is 5.75 Å². The fourth-order valence-corrected chi connectivity index (χ4v) is 4.38. The maximum atomic E-state index is 10.7. The highest BCUT2D eigenvalue weighted by Crippen LogP contribution is 2.41. The van der Waals surface area contributed by atoms with E-state index in [-0.39, 0.29) is 0 Å². The SMILES string of the molecule is CC(P)(CS(C)(C)C)C(=O)O. The molecule has 0 saturated heterocycles. The monoisotopic (exact) mass is 196 g/mol. The first-order valence-corrected chi connectivity index (χ1v) is 6.94. The minimum absolute atomic E-state index is 0.645. The number of carbonyl (C=O) groups is 1. The summed E-state index contributed by atoms with van der Waals surface area (Å²) in [6, 6.07) is 0. The molecule has 0 aromatic heterocycles. The smallest absolute Gasteiger partial charge is 0.313 e. The van der Waals surface area contributed by atoms with E-state index in [9.17, 15) is 4.79 Å². The lowest BCUT2D eigenvalue weighted by molar-refractivity contribution is -0.138. The molecule has 0 rings (SSSR count). The van der Waals surface area contributed by atoms with E-state index in [1.807, 2.05) is 0 Å². The van der Waals surface area contributed by atoms with Crippen LogP contribution in [-0.4, -0.2) is 40.8 Å². The molecule has 0 aromatic carbocycles. The van der Waals surface area contributed by atoms with Gasteiger partial charge in [-0.15, -0.1) is 9.24 Å². The van der Waals surface area contributed by atoms with Gasteiger partial charge in [-0.2, -0.15) is 0 Å². The van der Waals surface area contributed by atoms with Crippen molar-refractivity contribution >= 4 is 25.2 Å². The van der Waals surface area contributed by atoms with Crippen LogP contribution >= 0.6 is 19.3 Å². The van der Waals surface area contributed by atoms with Crippen LogP contribution in [0.15, 0.2) is 0 Å². The van der Waals surface area contributed by atoms with Crippen LogP contribution in [0.2, 0.25) is 0 Å². The molecular formula is C7H17O2PS. The van der Waals surface area contributed by atoms with Crippen LogP contribution in [0.3, 0.4) is 0 Å². The fraction of sp³-hybridized carbons (Fsp3) is 0.857. The van der Waals surface area contributed by atoms with Crippen LogP contribution in [0, 0.1) is 0 Å². The van der Waals surface area contributed by atoms with E-state index in [0.29, 0.717) is 0 Å². The topological polar surface area (TPSA) is 37.3 Å². The van der Waals surface area contributed by atoms with Crippen molar-refractivity contribution in [3.05, 3.63) is 0 Å². The Hall–Kier alpha value is 0.250. The van der Waals surface area contributed by atoms with Gasteiger partial charge in [0.2, 0.25) is 0 Å². The third kappa shape index (κ3) is 4.65. The summed E-state index contributed by atoms with van der Waals surface area (Å²) in [6.07, 6.45) is 6.37. The van der Waals surface area contributed by atoms with Crippen LogP contribution in [0.4, 0.5) is 0 Å². The zero-order valence-electron chi connectivity index (χ0n) is 7.55. The molecule has 68 valence electrons. The summed E-state index contributed by atoms with van der Waals surface area (Å²) in [5.41, 5.74) is 0. The zero-order chi connectivity index (χ0) is 9.28. The minimum atomic E-state index is -0.732. The number of hydrogen-bond acceptors (Lipinski definition) is 1. The predicted octanol–water partition coefficient (Wildman–Crippen LogP) is 1.40. The second-order valence-corrected chi connectivity index (χ2v) is 9.70. The van der Waals surface area contributed by atoms with E-state index >= 15 is 0 Å². The van der Waals surface area contributed by atoms with Crippen molar-refractivity contribution in [3.8, 4) is 0 Å². The molecule has 0 amide bonds. The Morgan fingerprint density at radius 2 is 1.91 bits per heavy atom. The molecule has 0 spiro atoms. The third-order valence-corrected chi connectivity index (χ3v) is 3.43. The van der Waals surface area contributed by atoms with Gasteiger partial charge in [0.15, 0.2) is 0 Å². The Morgan fingerprint density at radius 3 is 2.00 bits per heavy atom. The van der Waals surface area contributed by atoms with Gasteiger partial charge in [-0.25, -0.2) is 10.0 Å². The van der Waals surface area contributed by atoms with Crippen LogP contribution in [0.1, 0.15) is 6.92 Å². The second kappa shape index (κ2) is 3.32. The quantitative estimate of drug-likeness (QED) is 0.693. The van der Waals surface area contributed by atoms with Crippen LogP contribution in [-0.2, 0) is 4.79 Å². The van der Waals surface area contributed by atoms with Crippen molar-refractivity contribution in [3.63, 3.8) is 0 Å². The molecule has 1 N–H and O–H groups in total. The minimum Gasteiger partial charge on any atom is -0.481 e. The largest absolute Gasteiger partial charge is 0.481 e. The van der Waals surface area contributed by atoms with Gasteiger partial charge in [-0.05, 0) is 31.4 Å². The van der Waals surface area contributed by atoms with Gasteiger partial charge in [0.1, 0.15) is 0 Å². The van der Waals surface area contributed by atoms with Gasteiger partial charge in [-0.3, -0.25) is 4.79 Å². The molecule has 0 radical (unpaired) electrons. The molecule has 0 aliphatic heterocycles. The normalized spacial score (nSPS) is 19.0. The van der Waals surface area contributed by atoms with Gasteiger partial charge >= 0.3 is 5.97 Å². The van der Waals surface area contributed by atoms with Crippen molar-refractivity contribution < 1.29 is 9.90 Å². The predicted molar refractivity (Wildman–Crippen MR) is 56.0 cm³/mol. The molecule has 0 fully saturated rings. The van der Waals surface area contributed by atoms with E-state index in [4.69, 9.17) is 5.11 Å². The molecule has 0 aromatic rings. The first kappa shape index (κ1) is 11.2. The average Bonchev–Trinajstić information content (AvgIpc) is 1.56. The van der Waals surface area contributed by atoms with E-state index in [1.54, 1.807) is 6.92 Å². The van der Waals surface area contributed by atoms with Crippen LogP contribution < -0.4 is 0 Å². The summed E-state index contributed by atoms with van der Waals surface area (Å²) in [5.74, 6) is 0.0184. The van der Waals surface area contributed by atoms with Crippen LogP contribution in [0.25, 0.3) is 0 Å². The van der Waals surface area contributed by atoms with Crippen molar-refractivity contribution in [1.29, 1.82) is 0 Å². The summed E-state index contributed by atoms with van der Waals surface area (Å²) in [7, 11) is 1.69. The number of aliphatic carboxylic acids is 1. The number of hydrogen-bond donors (Lipinski definition) is 1. The first-order valence-electron chi connectivity index (χ1n) is 3.33. The molecule has 0 aliphatic carbocycles. The molecule has 2 unspecified atom stereocenters. The highest BCUT2D eigenvalue weighted by atomic mass is 32.3. The van der Waals surface area contributed by atoms with Crippen LogP contribution in [0.5, 0.6) is 0 Å². The second-order valence-electron chi connectivity index (χ2n) is 3.96. The van der Waals surface area contributed by atoms with Gasteiger partial charge in [0, 0.05) is 0 Å². The molecule has 2 nitrogen and oxygen atoms in total. The van der Waals surface area contributed by atoms with Crippen molar-refractivity contribution in [1.82, 2.24) is 0 Å². The Labute approximate surface area is 72.3 Å². The Morgan fingerprint density at radius 1 is 1.55 bits per heavy atom. The molecule has 0 bridgehead atoms. The van der Waals surface area contributed by atoms with Gasteiger partial charge in [0.05, 0.1) is 5.16 Å². The average molecular weight is 196 g/mol. The summed E-state index contributed by atoms with van der Waals surface area (Å²) >= 11 is 0. The number of carboxylic acid groups (broad SMARTS) is 1. The number of rotatable bonds is 3. The lowest BCUT2D eigenvalue weighted by Gasteiger charge is -2.32. The lowest BCUT2D eigenvalue weighted by atomic mass is 10.2. The fourth-order valence-electron chi connectivity index (χ4n) is 0.961. The molecule has 0 aliphatic rings. The molecular weight excluding hydrogens is 179 g/mol. The molecule has 11 heavy (non-hydrogen) atoms. The van der Waals surface area contributed by atoms with Gasteiger partial charge in [-0.1, -0.05) is 0 Å². The third-order valence-electron chi connectivity index (χ3n) is 1.22. The molecule has 2 atom stereocenters. The number of carboxylic acids is 1. The van der Waals surface area contributed by atoms with E-state index in [2.05, 4.69) is 28.0 Å². The Kier molecular flexibility index (Phi) is 3.40. The molecule has 0 saturated carbocycles. The zero-order valence-corrected chi connectivity index (χ0v) is 9.52.